The van der Waals surface area contributed by atoms with Crippen molar-refractivity contribution in [3.63, 3.8) is 0 Å². The molecule has 0 radical (unpaired) electrons. The highest BCUT2D eigenvalue weighted by Gasteiger charge is 2.15. The Morgan fingerprint density at radius 1 is 1.46 bits per heavy atom. The number of aromatic nitrogens is 3. The van der Waals surface area contributed by atoms with E-state index in [1.807, 2.05) is 24.3 Å². The average Bonchev–Trinajstić information content (AvgIpc) is 3.01. The van der Waals surface area contributed by atoms with Crippen LogP contribution in [0.1, 0.15) is 5.56 Å². The van der Waals surface area contributed by atoms with Crippen LogP contribution in [0, 0.1) is 3.95 Å². The summed E-state index contributed by atoms with van der Waals surface area (Å²) in [5.74, 6) is 0.537. The molecule has 0 N–H and O–H groups in total. The maximum Gasteiger partial charge on any atom is 0.273 e. The summed E-state index contributed by atoms with van der Waals surface area (Å²) in [6, 6.07) is 7.51. The maximum atomic E-state index is 12.8. The van der Waals surface area contributed by atoms with Crippen LogP contribution in [0.2, 0.25) is 0 Å². The second-order valence-electron chi connectivity index (χ2n) is 6.20. The summed E-state index contributed by atoms with van der Waals surface area (Å²) in [5, 5.41) is 0. The number of rotatable bonds is 7. The van der Waals surface area contributed by atoms with E-state index in [9.17, 15) is 9.59 Å². The molecule has 0 saturated heterocycles. The number of likely N-dealkylation sites (N-methyl/N-ethyl adjacent to an activating group) is 1. The molecule has 1 aromatic carbocycles. The number of fused-ring (bicyclic) bond motifs is 1. The van der Waals surface area contributed by atoms with E-state index in [1.165, 1.54) is 22.2 Å². The predicted molar refractivity (Wildman–Crippen MR) is 112 cm³/mol. The molecule has 0 unspecified atom stereocenters. The number of hydrogen-bond acceptors (Lipinski definition) is 6. The van der Waals surface area contributed by atoms with Crippen LogP contribution in [0.4, 0.5) is 0 Å². The molecule has 0 atom stereocenters. The number of carbonyl (C=O) groups is 1. The van der Waals surface area contributed by atoms with Crippen LogP contribution in [0.5, 0.6) is 5.75 Å². The molecular weight excluding hydrogens is 396 g/mol. The minimum atomic E-state index is -0.271. The minimum Gasteiger partial charge on any atom is -0.497 e. The molecule has 9 heteroatoms. The molecule has 146 valence electrons. The third-order valence-electron chi connectivity index (χ3n) is 4.24. The van der Waals surface area contributed by atoms with Crippen LogP contribution >= 0.6 is 23.6 Å². The van der Waals surface area contributed by atoms with Crippen LogP contribution in [0.15, 0.2) is 48.0 Å². The fraction of sp³-hybridized carbons (Fsp3) is 0.263. The molecule has 0 aliphatic rings. The first kappa shape index (κ1) is 20.0. The molecule has 0 aliphatic carbocycles. The molecule has 0 saturated carbocycles. The largest absolute Gasteiger partial charge is 0.497 e. The Bertz CT molecular complexity index is 1150. The van der Waals surface area contributed by atoms with Gasteiger partial charge in [0.2, 0.25) is 5.91 Å². The van der Waals surface area contributed by atoms with E-state index in [1.54, 1.807) is 29.7 Å². The van der Waals surface area contributed by atoms with Gasteiger partial charge in [0.1, 0.15) is 23.3 Å². The topological polar surface area (TPSA) is 69.4 Å². The Balaban J connectivity index is 1.80. The van der Waals surface area contributed by atoms with E-state index in [0.29, 0.717) is 27.4 Å². The summed E-state index contributed by atoms with van der Waals surface area (Å²) >= 11 is 6.50. The van der Waals surface area contributed by atoms with Gasteiger partial charge in [-0.2, -0.15) is 0 Å². The van der Waals surface area contributed by atoms with Gasteiger partial charge in [0, 0.05) is 20.1 Å². The summed E-state index contributed by atoms with van der Waals surface area (Å²) < 4.78 is 9.27. The first-order chi connectivity index (χ1) is 13.4. The lowest BCUT2D eigenvalue weighted by molar-refractivity contribution is -0.131. The van der Waals surface area contributed by atoms with Gasteiger partial charge in [-0.05, 0) is 29.9 Å². The van der Waals surface area contributed by atoms with Crippen molar-refractivity contribution >= 4 is 39.8 Å². The Kier molecular flexibility index (Phi) is 6.05. The van der Waals surface area contributed by atoms with Gasteiger partial charge >= 0.3 is 0 Å². The lowest BCUT2D eigenvalue weighted by Crippen LogP contribution is -2.33. The fourth-order valence-corrected chi connectivity index (χ4v) is 4.09. The van der Waals surface area contributed by atoms with E-state index in [2.05, 4.69) is 11.6 Å². The minimum absolute atomic E-state index is 0.0889. The number of nitrogens with zero attached hydrogens (tertiary/aromatic N) is 4. The second-order valence-corrected chi connectivity index (χ2v) is 7.84. The summed E-state index contributed by atoms with van der Waals surface area (Å²) in [7, 11) is 3.30. The molecule has 3 aromatic rings. The first-order valence-corrected chi connectivity index (χ1v) is 9.73. The third kappa shape index (κ3) is 4.05. The van der Waals surface area contributed by atoms with Gasteiger partial charge in [-0.15, -0.1) is 6.58 Å². The zero-order chi connectivity index (χ0) is 20.3. The molecule has 0 aliphatic heterocycles. The molecule has 0 spiro atoms. The van der Waals surface area contributed by atoms with Gasteiger partial charge in [0.05, 0.1) is 7.11 Å². The fourth-order valence-electron chi connectivity index (χ4n) is 2.77. The Morgan fingerprint density at radius 2 is 2.25 bits per heavy atom. The zero-order valence-electron chi connectivity index (χ0n) is 15.6. The number of allylic oxidation sites excluding steroid dienone is 1. The standard InChI is InChI=1S/C19H20N4O3S2/c1-4-8-23-17-16(28-19(23)27)18(25)22(12-20-17)11-15(24)21(2)10-13-6-5-7-14(9-13)26-3/h4-7,9,12H,1,8,10-11H2,2-3H3. The smallest absolute Gasteiger partial charge is 0.273 e. The average molecular weight is 417 g/mol. The molecule has 0 fully saturated rings. The molecule has 2 aromatic heterocycles. The van der Waals surface area contributed by atoms with Crippen molar-refractivity contribution < 1.29 is 9.53 Å². The van der Waals surface area contributed by atoms with Crippen molar-refractivity contribution in [1.29, 1.82) is 0 Å². The quantitative estimate of drug-likeness (QED) is 0.438. The van der Waals surface area contributed by atoms with Gasteiger partial charge in [-0.1, -0.05) is 29.5 Å². The number of thiazole rings is 1. The number of ether oxygens (including phenoxy) is 1. The van der Waals surface area contributed by atoms with E-state index in [4.69, 9.17) is 17.0 Å². The van der Waals surface area contributed by atoms with Crippen molar-refractivity contribution in [2.45, 2.75) is 19.6 Å². The monoisotopic (exact) mass is 416 g/mol. The molecule has 1 amide bonds. The first-order valence-electron chi connectivity index (χ1n) is 8.51. The SMILES string of the molecule is C=CCn1c(=S)sc2c(=O)n(CC(=O)N(C)Cc3cccc(OC)c3)cnc21. The van der Waals surface area contributed by atoms with Gasteiger partial charge in [-0.3, -0.25) is 14.2 Å². The normalized spacial score (nSPS) is 10.8. The molecule has 28 heavy (non-hydrogen) atoms. The van der Waals surface area contributed by atoms with Crippen LogP contribution in [-0.2, 0) is 24.4 Å². The van der Waals surface area contributed by atoms with Crippen molar-refractivity contribution in [2.75, 3.05) is 14.2 Å². The zero-order valence-corrected chi connectivity index (χ0v) is 17.3. The van der Waals surface area contributed by atoms with Crippen LogP contribution in [0.25, 0.3) is 10.3 Å². The van der Waals surface area contributed by atoms with Crippen LogP contribution < -0.4 is 10.3 Å². The summed E-state index contributed by atoms with van der Waals surface area (Å²) in [5.41, 5.74) is 1.19. The highest BCUT2D eigenvalue weighted by atomic mass is 32.1. The highest BCUT2D eigenvalue weighted by Crippen LogP contribution is 2.18. The number of benzene rings is 1. The lowest BCUT2D eigenvalue weighted by atomic mass is 10.2. The molecular formula is C19H20N4O3S2. The number of methoxy groups -OCH3 is 1. The lowest BCUT2D eigenvalue weighted by Gasteiger charge is -2.18. The summed E-state index contributed by atoms with van der Waals surface area (Å²) in [6.45, 7) is 4.50. The highest BCUT2D eigenvalue weighted by molar-refractivity contribution is 7.73. The van der Waals surface area contributed by atoms with Gasteiger partial charge in [0.15, 0.2) is 9.60 Å². The summed E-state index contributed by atoms with van der Waals surface area (Å²) in [6.07, 6.45) is 3.09. The number of hydrogen-bond donors (Lipinski definition) is 0. The van der Waals surface area contributed by atoms with E-state index < -0.39 is 0 Å². The molecule has 2 heterocycles. The van der Waals surface area contributed by atoms with Gasteiger partial charge in [0.25, 0.3) is 5.56 Å². The van der Waals surface area contributed by atoms with E-state index in [-0.39, 0.29) is 18.0 Å². The molecule has 0 bridgehead atoms. The number of carbonyl (C=O) groups excluding carboxylic acids is 1. The summed E-state index contributed by atoms with van der Waals surface area (Å²) in [4.78, 5) is 31.3. The Morgan fingerprint density at radius 3 is 2.96 bits per heavy atom. The van der Waals surface area contributed by atoms with Crippen molar-refractivity contribution in [3.8, 4) is 5.75 Å². The van der Waals surface area contributed by atoms with E-state index in [0.717, 1.165) is 11.3 Å². The molecule has 3 rings (SSSR count). The van der Waals surface area contributed by atoms with Gasteiger partial charge in [-0.25, -0.2) is 4.98 Å². The Labute approximate surface area is 171 Å². The van der Waals surface area contributed by atoms with E-state index >= 15 is 0 Å². The third-order valence-corrected chi connectivity index (χ3v) is 5.67. The van der Waals surface area contributed by atoms with Crippen LogP contribution in [0.3, 0.4) is 0 Å². The van der Waals surface area contributed by atoms with Crippen molar-refractivity contribution in [1.82, 2.24) is 19.0 Å². The second kappa shape index (κ2) is 8.49. The number of amides is 1. The predicted octanol–water partition coefficient (Wildman–Crippen LogP) is 2.84. The van der Waals surface area contributed by atoms with Gasteiger partial charge < -0.3 is 14.2 Å². The van der Waals surface area contributed by atoms with Crippen LogP contribution in [-0.4, -0.2) is 39.1 Å². The maximum absolute atomic E-state index is 12.8. The van der Waals surface area contributed by atoms with Crippen molar-refractivity contribution in [2.24, 2.45) is 0 Å². The molecule has 7 nitrogen and oxygen atoms in total. The van der Waals surface area contributed by atoms with Crippen molar-refractivity contribution in [3.05, 3.63) is 63.1 Å². The Hall–Kier alpha value is -2.78.